The second-order valence-electron chi connectivity index (χ2n) is 7.70. The predicted molar refractivity (Wildman–Crippen MR) is 122 cm³/mol. The van der Waals surface area contributed by atoms with E-state index < -0.39 is 4.92 Å². The zero-order valence-electron chi connectivity index (χ0n) is 16.9. The van der Waals surface area contributed by atoms with Crippen LogP contribution < -0.4 is 0 Å². The summed E-state index contributed by atoms with van der Waals surface area (Å²) < 4.78 is 0. The standard InChI is InChI=1S/C24H23N3O4/c28-23-12-10-18(27(30)31)13-17(23)14-25-21-7-3-4-8-22(21)26-15-20-19-6-2-1-5-16(19)9-11-24(20)29/h1-2,5-6,9-15,21-22,28-29H,3-4,7-8H2. The summed E-state index contributed by atoms with van der Waals surface area (Å²) in [5.74, 6) is 0.130. The van der Waals surface area contributed by atoms with Crippen molar-refractivity contribution in [1.82, 2.24) is 0 Å². The molecular formula is C24H23N3O4. The lowest BCUT2D eigenvalue weighted by Crippen LogP contribution is -2.27. The Labute approximate surface area is 179 Å². The van der Waals surface area contributed by atoms with Crippen LogP contribution in [0.1, 0.15) is 36.8 Å². The molecule has 4 rings (SSSR count). The van der Waals surface area contributed by atoms with Gasteiger partial charge in [-0.25, -0.2) is 0 Å². The second-order valence-corrected chi connectivity index (χ2v) is 7.70. The molecule has 0 amide bonds. The van der Waals surface area contributed by atoms with E-state index in [9.17, 15) is 20.3 Å². The number of non-ortho nitro benzene ring substituents is 1. The quantitative estimate of drug-likeness (QED) is 0.345. The Kier molecular flexibility index (Phi) is 5.93. The smallest absolute Gasteiger partial charge is 0.270 e. The Morgan fingerprint density at radius 3 is 2.32 bits per heavy atom. The number of fused-ring (bicyclic) bond motifs is 1. The van der Waals surface area contributed by atoms with Crippen molar-refractivity contribution in [3.8, 4) is 11.5 Å². The van der Waals surface area contributed by atoms with Crippen LogP contribution in [-0.2, 0) is 0 Å². The Morgan fingerprint density at radius 2 is 1.58 bits per heavy atom. The third kappa shape index (κ3) is 4.55. The molecule has 3 aromatic rings. The molecule has 0 bridgehead atoms. The third-order valence-corrected chi connectivity index (χ3v) is 5.66. The van der Waals surface area contributed by atoms with E-state index in [4.69, 9.17) is 4.99 Å². The maximum absolute atomic E-state index is 11.0. The lowest BCUT2D eigenvalue weighted by molar-refractivity contribution is -0.384. The summed E-state index contributed by atoms with van der Waals surface area (Å²) >= 11 is 0. The molecule has 0 heterocycles. The van der Waals surface area contributed by atoms with Crippen LogP contribution >= 0.6 is 0 Å². The maximum Gasteiger partial charge on any atom is 0.270 e. The van der Waals surface area contributed by atoms with Gasteiger partial charge in [0.1, 0.15) is 11.5 Å². The Hall–Kier alpha value is -3.74. The lowest BCUT2D eigenvalue weighted by Gasteiger charge is -2.25. The zero-order chi connectivity index (χ0) is 21.8. The highest BCUT2D eigenvalue weighted by atomic mass is 16.6. The van der Waals surface area contributed by atoms with Crippen LogP contribution in [0.2, 0.25) is 0 Å². The Morgan fingerprint density at radius 1 is 0.903 bits per heavy atom. The summed E-state index contributed by atoms with van der Waals surface area (Å²) in [5, 5.41) is 33.3. The van der Waals surface area contributed by atoms with Crippen molar-refractivity contribution >= 4 is 28.9 Å². The van der Waals surface area contributed by atoms with Crippen LogP contribution in [0, 0.1) is 10.1 Å². The van der Waals surface area contributed by atoms with Gasteiger partial charge in [0.2, 0.25) is 0 Å². The third-order valence-electron chi connectivity index (χ3n) is 5.66. The fraction of sp³-hybridized carbons (Fsp3) is 0.250. The molecule has 1 aliphatic carbocycles. The van der Waals surface area contributed by atoms with E-state index in [1.54, 1.807) is 12.3 Å². The van der Waals surface area contributed by atoms with E-state index in [1.165, 1.54) is 24.4 Å². The number of benzene rings is 3. The summed E-state index contributed by atoms with van der Waals surface area (Å²) in [5.41, 5.74) is 0.904. The SMILES string of the molecule is O=[N+]([O-])c1ccc(O)c(C=NC2CCCCC2N=Cc2c(O)ccc3ccccc23)c1. The van der Waals surface area contributed by atoms with Crippen molar-refractivity contribution in [2.45, 2.75) is 37.8 Å². The normalized spacial score (nSPS) is 19.4. The van der Waals surface area contributed by atoms with Gasteiger partial charge in [0.05, 0.1) is 17.0 Å². The van der Waals surface area contributed by atoms with Gasteiger partial charge in [-0.3, -0.25) is 20.1 Å². The first-order chi connectivity index (χ1) is 15.0. The average Bonchev–Trinajstić information content (AvgIpc) is 2.78. The van der Waals surface area contributed by atoms with E-state index in [2.05, 4.69) is 4.99 Å². The first kappa shape index (κ1) is 20.5. The number of nitrogens with zero attached hydrogens (tertiary/aromatic N) is 3. The van der Waals surface area contributed by atoms with Crippen LogP contribution in [0.5, 0.6) is 11.5 Å². The molecule has 31 heavy (non-hydrogen) atoms. The van der Waals surface area contributed by atoms with Crippen LogP contribution in [-0.4, -0.2) is 39.6 Å². The number of aliphatic imine (C=N–C) groups is 2. The molecule has 0 aliphatic heterocycles. The van der Waals surface area contributed by atoms with Gasteiger partial charge in [-0.15, -0.1) is 0 Å². The summed E-state index contributed by atoms with van der Waals surface area (Å²) in [6.07, 6.45) is 6.99. The highest BCUT2D eigenvalue weighted by molar-refractivity contribution is 6.02. The largest absolute Gasteiger partial charge is 0.507 e. The summed E-state index contributed by atoms with van der Waals surface area (Å²) in [4.78, 5) is 19.9. The zero-order valence-corrected chi connectivity index (χ0v) is 16.9. The fourth-order valence-corrected chi connectivity index (χ4v) is 3.96. The Bertz CT molecular complexity index is 1170. The number of nitro groups is 1. The molecule has 2 unspecified atom stereocenters. The first-order valence-electron chi connectivity index (χ1n) is 10.3. The number of phenols is 2. The molecule has 2 N–H and O–H groups in total. The number of phenolic OH excluding ortho intramolecular Hbond substituents is 2. The van der Waals surface area contributed by atoms with Crippen LogP contribution in [0.25, 0.3) is 10.8 Å². The molecule has 158 valence electrons. The molecule has 0 saturated heterocycles. The number of nitro benzene ring substituents is 1. The van der Waals surface area contributed by atoms with E-state index in [0.717, 1.165) is 36.5 Å². The maximum atomic E-state index is 11.0. The minimum Gasteiger partial charge on any atom is -0.507 e. The predicted octanol–water partition coefficient (Wildman–Crippen LogP) is 5.01. The van der Waals surface area contributed by atoms with Crippen LogP contribution in [0.15, 0.2) is 64.6 Å². The topological polar surface area (TPSA) is 108 Å². The van der Waals surface area contributed by atoms with Crippen LogP contribution in [0.3, 0.4) is 0 Å². The molecule has 2 atom stereocenters. The van der Waals surface area contributed by atoms with E-state index in [0.29, 0.717) is 11.1 Å². The minimum absolute atomic E-state index is 0.0501. The fourth-order valence-electron chi connectivity index (χ4n) is 3.96. The van der Waals surface area contributed by atoms with Gasteiger partial charge in [-0.2, -0.15) is 0 Å². The van der Waals surface area contributed by atoms with Crippen LogP contribution in [0.4, 0.5) is 5.69 Å². The molecule has 1 fully saturated rings. The molecule has 0 radical (unpaired) electrons. The highest BCUT2D eigenvalue weighted by Crippen LogP contribution is 2.28. The number of hydrogen-bond acceptors (Lipinski definition) is 6. The van der Waals surface area contributed by atoms with Gasteiger partial charge in [-0.1, -0.05) is 43.2 Å². The monoisotopic (exact) mass is 417 g/mol. The van der Waals surface area contributed by atoms with E-state index in [-0.39, 0.29) is 29.3 Å². The van der Waals surface area contributed by atoms with Crippen molar-refractivity contribution in [2.75, 3.05) is 0 Å². The van der Waals surface area contributed by atoms with E-state index in [1.807, 2.05) is 30.3 Å². The van der Waals surface area contributed by atoms with Gasteiger partial charge >= 0.3 is 0 Å². The number of aromatic hydroxyl groups is 2. The molecule has 7 heteroatoms. The first-order valence-corrected chi connectivity index (χ1v) is 10.3. The van der Waals surface area contributed by atoms with Gasteiger partial charge in [0.15, 0.2) is 0 Å². The van der Waals surface area contributed by atoms with Crippen molar-refractivity contribution < 1.29 is 15.1 Å². The highest BCUT2D eigenvalue weighted by Gasteiger charge is 2.23. The summed E-state index contributed by atoms with van der Waals surface area (Å²) in [7, 11) is 0. The van der Waals surface area contributed by atoms with Gasteiger partial charge < -0.3 is 10.2 Å². The average molecular weight is 417 g/mol. The molecule has 3 aromatic carbocycles. The second kappa shape index (κ2) is 8.95. The molecule has 1 saturated carbocycles. The van der Waals surface area contributed by atoms with Crippen molar-refractivity contribution in [3.05, 3.63) is 75.8 Å². The van der Waals surface area contributed by atoms with Gasteiger partial charge in [0, 0.05) is 35.7 Å². The Balaban J connectivity index is 1.59. The van der Waals surface area contributed by atoms with E-state index >= 15 is 0 Å². The van der Waals surface area contributed by atoms with Crippen molar-refractivity contribution in [3.63, 3.8) is 0 Å². The lowest BCUT2D eigenvalue weighted by atomic mass is 9.91. The molecule has 0 aromatic heterocycles. The molecular weight excluding hydrogens is 394 g/mol. The molecule has 0 spiro atoms. The summed E-state index contributed by atoms with van der Waals surface area (Å²) in [6, 6.07) is 15.1. The minimum atomic E-state index is -0.499. The number of rotatable bonds is 5. The van der Waals surface area contributed by atoms with Gasteiger partial charge in [0.25, 0.3) is 5.69 Å². The van der Waals surface area contributed by atoms with Gasteiger partial charge in [-0.05, 0) is 35.7 Å². The molecule has 1 aliphatic rings. The summed E-state index contributed by atoms with van der Waals surface area (Å²) in [6.45, 7) is 0. The van der Waals surface area contributed by atoms with Crippen molar-refractivity contribution in [2.24, 2.45) is 9.98 Å². The van der Waals surface area contributed by atoms with Crippen molar-refractivity contribution in [1.29, 1.82) is 0 Å². The molecule has 7 nitrogen and oxygen atoms in total. The number of hydrogen-bond donors (Lipinski definition) is 2.